The Balaban J connectivity index is 2.37. The number of aromatic hydroxyl groups is 1. The molecule has 1 aromatic carbocycles. The monoisotopic (exact) mass is 250 g/mol. The summed E-state index contributed by atoms with van der Waals surface area (Å²) in [5, 5.41) is 9.18. The van der Waals surface area contributed by atoms with Crippen LogP contribution in [0.5, 0.6) is 5.75 Å². The van der Waals surface area contributed by atoms with E-state index in [0.29, 0.717) is 13.0 Å². The topological polar surface area (TPSA) is 66.6 Å². The third-order valence-corrected chi connectivity index (χ3v) is 2.83. The van der Waals surface area contributed by atoms with Crippen LogP contribution in [0, 0.1) is 0 Å². The maximum absolute atomic E-state index is 11.8. The number of phenolic OH excluding ortho intramolecular Hbond substituents is 1. The van der Waals surface area contributed by atoms with Gasteiger partial charge in [-0.2, -0.15) is 0 Å². The van der Waals surface area contributed by atoms with Gasteiger partial charge in [0, 0.05) is 26.1 Å². The van der Waals surface area contributed by atoms with E-state index in [1.54, 1.807) is 24.1 Å². The molecule has 0 saturated carbocycles. The van der Waals surface area contributed by atoms with Crippen LogP contribution in [-0.2, 0) is 11.3 Å². The molecule has 0 saturated heterocycles. The minimum Gasteiger partial charge on any atom is -0.508 e. The first-order chi connectivity index (χ1) is 8.49. The molecule has 0 fully saturated rings. The van der Waals surface area contributed by atoms with Crippen molar-refractivity contribution in [2.24, 2.45) is 5.73 Å². The van der Waals surface area contributed by atoms with Gasteiger partial charge in [-0.3, -0.25) is 4.79 Å². The van der Waals surface area contributed by atoms with Crippen molar-refractivity contribution < 1.29 is 9.90 Å². The zero-order chi connectivity index (χ0) is 13.5. The van der Waals surface area contributed by atoms with Gasteiger partial charge in [-0.1, -0.05) is 12.1 Å². The largest absolute Gasteiger partial charge is 0.508 e. The molecule has 100 valence electrons. The smallest absolute Gasteiger partial charge is 0.222 e. The number of amides is 1. The lowest BCUT2D eigenvalue weighted by molar-refractivity contribution is -0.130. The molecule has 1 amide bonds. The molecule has 1 unspecified atom stereocenters. The van der Waals surface area contributed by atoms with Crippen LogP contribution in [-0.4, -0.2) is 29.0 Å². The van der Waals surface area contributed by atoms with Gasteiger partial charge in [0.1, 0.15) is 5.75 Å². The van der Waals surface area contributed by atoms with Gasteiger partial charge >= 0.3 is 0 Å². The van der Waals surface area contributed by atoms with Crippen molar-refractivity contribution >= 4 is 5.91 Å². The van der Waals surface area contributed by atoms with Gasteiger partial charge in [0.05, 0.1) is 0 Å². The zero-order valence-corrected chi connectivity index (χ0v) is 11.1. The average Bonchev–Trinajstić information content (AvgIpc) is 2.31. The highest BCUT2D eigenvalue weighted by molar-refractivity contribution is 5.75. The molecule has 0 aliphatic rings. The van der Waals surface area contributed by atoms with Crippen molar-refractivity contribution in [2.45, 2.75) is 38.8 Å². The quantitative estimate of drug-likeness (QED) is 0.810. The predicted molar refractivity (Wildman–Crippen MR) is 72.1 cm³/mol. The summed E-state index contributed by atoms with van der Waals surface area (Å²) in [5.74, 6) is 0.369. The minimum absolute atomic E-state index is 0.128. The highest BCUT2D eigenvalue weighted by Crippen LogP contribution is 2.12. The lowest BCUT2D eigenvalue weighted by Crippen LogP contribution is -2.26. The number of nitrogens with two attached hydrogens (primary N) is 1. The number of carbonyl (C=O) groups is 1. The second-order valence-electron chi connectivity index (χ2n) is 4.79. The van der Waals surface area contributed by atoms with E-state index in [0.717, 1.165) is 18.4 Å². The third-order valence-electron chi connectivity index (χ3n) is 2.83. The molecule has 0 bridgehead atoms. The van der Waals surface area contributed by atoms with Crippen LogP contribution in [0.4, 0.5) is 0 Å². The van der Waals surface area contributed by atoms with Gasteiger partial charge in [0.25, 0.3) is 0 Å². The number of carbonyl (C=O) groups excluding carboxylic acids is 1. The predicted octanol–water partition coefficient (Wildman–Crippen LogP) is 1.87. The third kappa shape index (κ3) is 5.19. The van der Waals surface area contributed by atoms with Crippen molar-refractivity contribution in [1.29, 1.82) is 0 Å². The van der Waals surface area contributed by atoms with Crippen molar-refractivity contribution in [1.82, 2.24) is 4.90 Å². The van der Waals surface area contributed by atoms with Crippen molar-refractivity contribution in [3.63, 3.8) is 0 Å². The molecule has 18 heavy (non-hydrogen) atoms. The molecular formula is C14H22N2O2. The summed E-state index contributed by atoms with van der Waals surface area (Å²) >= 11 is 0. The molecule has 0 spiro atoms. The molecule has 1 atom stereocenters. The van der Waals surface area contributed by atoms with E-state index in [1.807, 2.05) is 19.1 Å². The maximum atomic E-state index is 11.8. The number of rotatable bonds is 6. The Morgan fingerprint density at radius 1 is 1.39 bits per heavy atom. The lowest BCUT2D eigenvalue weighted by Gasteiger charge is -2.17. The first kappa shape index (κ1) is 14.5. The highest BCUT2D eigenvalue weighted by Gasteiger charge is 2.09. The summed E-state index contributed by atoms with van der Waals surface area (Å²) in [6.07, 6.45) is 2.24. The first-order valence-electron chi connectivity index (χ1n) is 6.26. The van der Waals surface area contributed by atoms with Gasteiger partial charge in [-0.15, -0.1) is 0 Å². The van der Waals surface area contributed by atoms with E-state index >= 15 is 0 Å². The highest BCUT2D eigenvalue weighted by atomic mass is 16.3. The molecule has 0 aliphatic carbocycles. The summed E-state index contributed by atoms with van der Waals surface area (Å²) in [4.78, 5) is 13.5. The van der Waals surface area contributed by atoms with Gasteiger partial charge < -0.3 is 15.7 Å². The van der Waals surface area contributed by atoms with E-state index in [9.17, 15) is 9.90 Å². The fourth-order valence-electron chi connectivity index (χ4n) is 1.73. The van der Waals surface area contributed by atoms with Crippen LogP contribution >= 0.6 is 0 Å². The molecule has 1 aromatic rings. The Hall–Kier alpha value is -1.55. The molecular weight excluding hydrogens is 228 g/mol. The summed E-state index contributed by atoms with van der Waals surface area (Å²) in [5.41, 5.74) is 6.65. The lowest BCUT2D eigenvalue weighted by atomic mass is 10.1. The molecule has 4 heteroatoms. The minimum atomic E-state index is 0.128. The van der Waals surface area contributed by atoms with Gasteiger partial charge in [-0.05, 0) is 37.5 Å². The van der Waals surface area contributed by atoms with E-state index in [-0.39, 0.29) is 17.7 Å². The van der Waals surface area contributed by atoms with Crippen molar-refractivity contribution in [3.05, 3.63) is 29.8 Å². The molecule has 0 heterocycles. The average molecular weight is 250 g/mol. The molecule has 0 radical (unpaired) electrons. The summed E-state index contributed by atoms with van der Waals surface area (Å²) < 4.78 is 0. The number of phenols is 1. The van der Waals surface area contributed by atoms with Crippen molar-refractivity contribution in [2.75, 3.05) is 7.05 Å². The Morgan fingerprint density at radius 2 is 2.00 bits per heavy atom. The van der Waals surface area contributed by atoms with Gasteiger partial charge in [0.15, 0.2) is 0 Å². The van der Waals surface area contributed by atoms with Crippen LogP contribution in [0.2, 0.25) is 0 Å². The molecule has 4 nitrogen and oxygen atoms in total. The summed E-state index contributed by atoms with van der Waals surface area (Å²) in [6, 6.07) is 7.05. The van der Waals surface area contributed by atoms with E-state index in [2.05, 4.69) is 0 Å². The Labute approximate surface area is 108 Å². The Morgan fingerprint density at radius 3 is 2.56 bits per heavy atom. The standard InChI is InChI=1S/C14H22N2O2/c1-11(15)4-3-5-14(18)16(2)10-12-6-8-13(17)9-7-12/h6-9,11,17H,3-5,10,15H2,1-2H3. The number of hydrogen-bond acceptors (Lipinski definition) is 3. The normalized spacial score (nSPS) is 12.2. The molecule has 1 rings (SSSR count). The first-order valence-corrected chi connectivity index (χ1v) is 6.26. The van der Waals surface area contributed by atoms with Crippen LogP contribution in [0.25, 0.3) is 0 Å². The van der Waals surface area contributed by atoms with E-state index in [1.165, 1.54) is 0 Å². The second kappa shape index (κ2) is 7.01. The van der Waals surface area contributed by atoms with Gasteiger partial charge in [0.2, 0.25) is 5.91 Å². The molecule has 3 N–H and O–H groups in total. The number of hydrogen-bond donors (Lipinski definition) is 2. The van der Waals surface area contributed by atoms with Gasteiger partial charge in [-0.25, -0.2) is 0 Å². The van der Waals surface area contributed by atoms with E-state index in [4.69, 9.17) is 5.73 Å². The zero-order valence-electron chi connectivity index (χ0n) is 11.1. The molecule has 0 aliphatic heterocycles. The van der Waals surface area contributed by atoms with Crippen molar-refractivity contribution in [3.8, 4) is 5.75 Å². The SMILES string of the molecule is CC(N)CCCC(=O)N(C)Cc1ccc(O)cc1. The van der Waals surface area contributed by atoms with Crippen LogP contribution in [0.3, 0.4) is 0 Å². The number of nitrogens with zero attached hydrogens (tertiary/aromatic N) is 1. The Kier molecular flexibility index (Phi) is 5.65. The van der Waals surface area contributed by atoms with Crippen LogP contribution in [0.1, 0.15) is 31.7 Å². The Bertz CT molecular complexity index is 374. The van der Waals surface area contributed by atoms with Crippen LogP contribution in [0.15, 0.2) is 24.3 Å². The van der Waals surface area contributed by atoms with Crippen LogP contribution < -0.4 is 5.73 Å². The van der Waals surface area contributed by atoms with E-state index < -0.39 is 0 Å². The number of benzene rings is 1. The summed E-state index contributed by atoms with van der Waals surface area (Å²) in [7, 11) is 1.79. The fraction of sp³-hybridized carbons (Fsp3) is 0.500. The summed E-state index contributed by atoms with van der Waals surface area (Å²) in [6.45, 7) is 2.52. The second-order valence-corrected chi connectivity index (χ2v) is 4.79. The molecule has 0 aromatic heterocycles. The fourth-order valence-corrected chi connectivity index (χ4v) is 1.73. The maximum Gasteiger partial charge on any atom is 0.222 e.